The fraction of sp³-hybridized carbons (Fsp3) is 0.407. The molecule has 3 aliphatic rings. The van der Waals surface area contributed by atoms with Crippen LogP contribution in [0.15, 0.2) is 30.5 Å². The number of alkyl halides is 3. The van der Waals surface area contributed by atoms with Gasteiger partial charge in [-0.25, -0.2) is 9.37 Å². The number of carbonyl (C=O) groups is 3. The number of nitrogens with zero attached hydrogens (tertiary/aromatic N) is 5. The Bertz CT molecular complexity index is 1490. The van der Waals surface area contributed by atoms with Gasteiger partial charge in [0.25, 0.3) is 11.8 Å². The van der Waals surface area contributed by atoms with E-state index in [-0.39, 0.29) is 34.5 Å². The minimum Gasteiger partial charge on any atom is -0.352 e. The first-order valence-electron chi connectivity index (χ1n) is 13.0. The number of halogens is 4. The molecule has 9 nitrogen and oxygen atoms in total. The van der Waals surface area contributed by atoms with Gasteiger partial charge in [-0.3, -0.25) is 19.3 Å². The monoisotopic (exact) mass is 588 g/mol. The van der Waals surface area contributed by atoms with Gasteiger partial charge in [-0.1, -0.05) is 0 Å². The second-order valence-electron chi connectivity index (χ2n) is 10.1. The largest absolute Gasteiger partial charge is 0.419 e. The SMILES string of the molecule is N#Cc1ncc(N2C(=O)C3(CCC3)N(c3ccc(C(=O)NCCCN4CCCC4=O)c(F)c3)C2=S)cc1C(F)(F)F. The first-order chi connectivity index (χ1) is 19.5. The van der Waals surface area contributed by atoms with Crippen molar-refractivity contribution in [3.05, 3.63) is 53.1 Å². The van der Waals surface area contributed by atoms with E-state index >= 15 is 4.39 Å². The molecule has 1 saturated carbocycles. The third kappa shape index (κ3) is 4.99. The predicted octanol–water partition coefficient (Wildman–Crippen LogP) is 3.91. The highest BCUT2D eigenvalue weighted by Crippen LogP contribution is 2.48. The molecule has 2 aliphatic heterocycles. The molecular weight excluding hydrogens is 564 g/mol. The summed E-state index contributed by atoms with van der Waals surface area (Å²) in [5.74, 6) is -2.01. The summed E-state index contributed by atoms with van der Waals surface area (Å²) in [5, 5.41) is 11.5. The van der Waals surface area contributed by atoms with Crippen LogP contribution in [0.3, 0.4) is 0 Å². The number of nitrogens with one attached hydrogen (secondary N) is 1. The lowest BCUT2D eigenvalue weighted by Gasteiger charge is -2.43. The fourth-order valence-corrected chi connectivity index (χ4v) is 5.89. The lowest BCUT2D eigenvalue weighted by molar-refractivity contribution is -0.138. The molecule has 1 N–H and O–H groups in total. The summed E-state index contributed by atoms with van der Waals surface area (Å²) in [6.07, 6.45) is -0.757. The van der Waals surface area contributed by atoms with Crippen molar-refractivity contribution >= 4 is 46.4 Å². The molecule has 14 heteroatoms. The van der Waals surface area contributed by atoms with Gasteiger partial charge in [-0.2, -0.15) is 18.4 Å². The highest BCUT2D eigenvalue weighted by atomic mass is 32.1. The molecule has 0 atom stereocenters. The normalized spacial score (nSPS) is 18.2. The zero-order valence-electron chi connectivity index (χ0n) is 21.6. The van der Waals surface area contributed by atoms with E-state index in [4.69, 9.17) is 17.5 Å². The van der Waals surface area contributed by atoms with Gasteiger partial charge in [0.15, 0.2) is 10.8 Å². The highest BCUT2D eigenvalue weighted by molar-refractivity contribution is 7.81. The predicted molar refractivity (Wildman–Crippen MR) is 142 cm³/mol. The maximum absolute atomic E-state index is 15.2. The number of amides is 3. The van der Waals surface area contributed by atoms with E-state index in [1.807, 2.05) is 0 Å². The summed E-state index contributed by atoms with van der Waals surface area (Å²) in [5.41, 5.74) is -3.67. The average Bonchev–Trinajstić information content (AvgIpc) is 3.42. The lowest BCUT2D eigenvalue weighted by atomic mass is 9.75. The quantitative estimate of drug-likeness (QED) is 0.297. The maximum Gasteiger partial charge on any atom is 0.419 e. The van der Waals surface area contributed by atoms with Crippen LogP contribution in [0.25, 0.3) is 0 Å². The Morgan fingerprint density at radius 2 is 1.93 bits per heavy atom. The molecule has 3 fully saturated rings. The molecule has 0 bridgehead atoms. The van der Waals surface area contributed by atoms with Gasteiger partial charge in [0, 0.05) is 31.7 Å². The number of pyridine rings is 1. The molecule has 1 spiro atoms. The van der Waals surface area contributed by atoms with Crippen molar-refractivity contribution in [2.45, 2.75) is 50.2 Å². The Morgan fingerprint density at radius 1 is 1.17 bits per heavy atom. The minimum atomic E-state index is -4.89. The Labute approximate surface area is 237 Å². The molecule has 2 aromatic rings. The standard InChI is InChI=1S/C27H24F4N6O3S/c28-20-13-16(5-6-18(20)23(39)33-9-3-11-35-10-1-4-22(35)38)37-25(41)36(24(40)26(37)7-2-8-26)17-12-19(27(29,30)31)21(14-32)34-15-17/h5-6,12-13,15H,1-4,7-11H2,(H,33,39). The summed E-state index contributed by atoms with van der Waals surface area (Å²) >= 11 is 5.53. The Kier molecular flexibility index (Phi) is 7.41. The summed E-state index contributed by atoms with van der Waals surface area (Å²) in [7, 11) is 0. The Morgan fingerprint density at radius 3 is 2.51 bits per heavy atom. The molecule has 214 valence electrons. The van der Waals surface area contributed by atoms with Crippen molar-refractivity contribution in [3.8, 4) is 6.07 Å². The smallest absolute Gasteiger partial charge is 0.352 e. The summed E-state index contributed by atoms with van der Waals surface area (Å²) in [6, 6.07) is 5.81. The maximum atomic E-state index is 15.2. The molecule has 3 heterocycles. The molecule has 41 heavy (non-hydrogen) atoms. The van der Waals surface area contributed by atoms with Crippen molar-refractivity contribution in [2.75, 3.05) is 29.4 Å². The zero-order valence-corrected chi connectivity index (χ0v) is 22.4. The van der Waals surface area contributed by atoms with Gasteiger partial charge in [0.05, 0.1) is 23.0 Å². The zero-order chi connectivity index (χ0) is 29.5. The molecule has 5 rings (SSSR count). The van der Waals surface area contributed by atoms with Crippen LogP contribution in [0.2, 0.25) is 0 Å². The van der Waals surface area contributed by atoms with E-state index in [0.717, 1.165) is 23.6 Å². The molecule has 2 saturated heterocycles. The van der Waals surface area contributed by atoms with Crippen LogP contribution < -0.4 is 15.1 Å². The van der Waals surface area contributed by atoms with Crippen LogP contribution >= 0.6 is 12.2 Å². The van der Waals surface area contributed by atoms with Crippen molar-refractivity contribution < 1.29 is 31.9 Å². The van der Waals surface area contributed by atoms with Crippen molar-refractivity contribution in [1.29, 1.82) is 5.26 Å². The highest BCUT2D eigenvalue weighted by Gasteiger charge is 2.60. The van der Waals surface area contributed by atoms with Crippen molar-refractivity contribution in [1.82, 2.24) is 15.2 Å². The lowest BCUT2D eigenvalue weighted by Crippen LogP contribution is -2.55. The molecule has 1 aromatic heterocycles. The number of thiocarbonyl (C=S) groups is 1. The second kappa shape index (κ2) is 10.7. The van der Waals surface area contributed by atoms with Crippen molar-refractivity contribution in [3.63, 3.8) is 0 Å². The molecule has 1 aliphatic carbocycles. The number of anilines is 2. The first-order valence-corrected chi connectivity index (χ1v) is 13.4. The first kappa shape index (κ1) is 28.4. The number of aromatic nitrogens is 1. The molecular formula is C27H24F4N6O3S. The van der Waals surface area contributed by atoms with Crippen LogP contribution in [0.5, 0.6) is 0 Å². The van der Waals surface area contributed by atoms with Crippen LogP contribution in [0, 0.1) is 17.1 Å². The summed E-state index contributed by atoms with van der Waals surface area (Å²) < 4.78 is 55.9. The van der Waals surface area contributed by atoms with Crippen LogP contribution in [0.1, 0.15) is 60.1 Å². The van der Waals surface area contributed by atoms with Crippen LogP contribution in [-0.2, 0) is 15.8 Å². The number of rotatable bonds is 7. The molecule has 0 unspecified atom stereocenters. The van der Waals surface area contributed by atoms with Gasteiger partial charge in [-0.05, 0) is 68.6 Å². The van der Waals surface area contributed by atoms with Crippen LogP contribution in [0.4, 0.5) is 28.9 Å². The summed E-state index contributed by atoms with van der Waals surface area (Å²) in [4.78, 5) is 45.6. The third-order valence-corrected chi connectivity index (χ3v) is 8.02. The number of hydrogen-bond donors (Lipinski definition) is 1. The Hall–Kier alpha value is -4.12. The van der Waals surface area contributed by atoms with Crippen molar-refractivity contribution in [2.24, 2.45) is 0 Å². The number of hydrogen-bond acceptors (Lipinski definition) is 6. The molecule has 3 amide bonds. The van der Waals surface area contributed by atoms with E-state index in [2.05, 4.69) is 10.3 Å². The second-order valence-corrected chi connectivity index (χ2v) is 10.5. The number of benzene rings is 1. The van der Waals surface area contributed by atoms with Gasteiger partial charge in [0.1, 0.15) is 17.4 Å². The Balaban J connectivity index is 1.36. The molecule has 0 radical (unpaired) electrons. The van der Waals surface area contributed by atoms with E-state index < -0.39 is 40.6 Å². The third-order valence-electron chi connectivity index (χ3n) is 7.65. The number of carbonyl (C=O) groups excluding carboxylic acids is 3. The van der Waals surface area contributed by atoms with Gasteiger partial charge < -0.3 is 15.1 Å². The minimum absolute atomic E-state index is 0.0790. The van der Waals surface area contributed by atoms with Gasteiger partial charge in [-0.15, -0.1) is 0 Å². The fourth-order valence-electron chi connectivity index (χ4n) is 5.42. The van der Waals surface area contributed by atoms with Gasteiger partial charge >= 0.3 is 6.18 Å². The number of nitriles is 1. The van der Waals surface area contributed by atoms with E-state index in [1.54, 1.807) is 4.90 Å². The van der Waals surface area contributed by atoms with Crippen LogP contribution in [-0.4, -0.2) is 57.9 Å². The number of likely N-dealkylation sites (tertiary alicyclic amines) is 1. The topological polar surface area (TPSA) is 110 Å². The van der Waals surface area contributed by atoms with E-state index in [0.29, 0.717) is 51.3 Å². The van der Waals surface area contributed by atoms with Gasteiger partial charge in [0.2, 0.25) is 5.91 Å². The molecule has 1 aromatic carbocycles. The average molecular weight is 589 g/mol. The van der Waals surface area contributed by atoms with E-state index in [9.17, 15) is 27.6 Å². The van der Waals surface area contributed by atoms with E-state index in [1.165, 1.54) is 23.1 Å². The summed E-state index contributed by atoms with van der Waals surface area (Å²) in [6.45, 7) is 1.43.